The predicted molar refractivity (Wildman–Crippen MR) is 162 cm³/mol. The third-order valence-electron chi connectivity index (χ3n) is 6.88. The van der Waals surface area contributed by atoms with E-state index in [-0.39, 0.29) is 36.3 Å². The fourth-order valence-electron chi connectivity index (χ4n) is 4.37. The second-order valence-electron chi connectivity index (χ2n) is 11.9. The molecule has 0 saturated heterocycles. The largest absolute Gasteiger partial charge is 0.493 e. The van der Waals surface area contributed by atoms with Crippen molar-refractivity contribution < 1.29 is 33.3 Å². The standard InChI is InChI=1S/C33H38ClFN2O6/c1-32(2,3)43-31(39)36-15-13-20-16-26(21-6-10-25(35)24(34)18-21)37-30(17-20)33(4,40)14-12-27(38)22-7-11-28(29(19-22)41-5)42-23-8-9-23/h6-7,10-11,16-19,23,40H,8-9,12-15H2,1-5H3,(H,36,39). The highest BCUT2D eigenvalue weighted by Crippen LogP contribution is 2.35. The Morgan fingerprint density at radius 2 is 1.81 bits per heavy atom. The number of carbonyl (C=O) groups excluding carboxylic acids is 2. The van der Waals surface area contributed by atoms with E-state index in [1.165, 1.54) is 19.2 Å². The summed E-state index contributed by atoms with van der Waals surface area (Å²) in [6, 6.07) is 12.9. The average Bonchev–Trinajstić information content (AvgIpc) is 3.76. The van der Waals surface area contributed by atoms with Crippen LogP contribution in [0.2, 0.25) is 5.02 Å². The maximum absolute atomic E-state index is 13.9. The summed E-state index contributed by atoms with van der Waals surface area (Å²) in [7, 11) is 1.53. The van der Waals surface area contributed by atoms with Crippen LogP contribution in [0.3, 0.4) is 0 Å². The molecule has 1 fully saturated rings. The molecule has 10 heteroatoms. The van der Waals surface area contributed by atoms with Gasteiger partial charge in [0.25, 0.3) is 0 Å². The van der Waals surface area contributed by atoms with Crippen LogP contribution in [-0.2, 0) is 16.8 Å². The summed E-state index contributed by atoms with van der Waals surface area (Å²) in [5, 5.41) is 14.2. The first kappa shape index (κ1) is 32.2. The van der Waals surface area contributed by atoms with Crippen molar-refractivity contribution in [2.45, 2.75) is 77.1 Å². The number of methoxy groups -OCH3 is 1. The Hall–Kier alpha value is -3.69. The number of hydrogen-bond acceptors (Lipinski definition) is 7. The number of halogens is 2. The van der Waals surface area contributed by atoms with Gasteiger partial charge in [0.05, 0.1) is 29.6 Å². The Morgan fingerprint density at radius 3 is 2.47 bits per heavy atom. The van der Waals surface area contributed by atoms with Gasteiger partial charge in [0.2, 0.25) is 0 Å². The second-order valence-corrected chi connectivity index (χ2v) is 12.3. The highest BCUT2D eigenvalue weighted by Gasteiger charge is 2.28. The summed E-state index contributed by atoms with van der Waals surface area (Å²) in [6.45, 7) is 7.21. The molecule has 1 aromatic heterocycles. The number of Topliss-reactive ketones (excluding diaryl/α,β-unsaturated/α-hetero) is 1. The van der Waals surface area contributed by atoms with Crippen LogP contribution in [0.5, 0.6) is 11.5 Å². The molecule has 230 valence electrons. The number of ether oxygens (including phenoxy) is 3. The maximum Gasteiger partial charge on any atom is 0.407 e. The SMILES string of the molecule is COc1cc(C(=O)CCC(C)(O)c2cc(CCNC(=O)OC(C)(C)C)cc(-c3ccc(F)c(Cl)c3)n2)ccc1OC1CC1. The highest BCUT2D eigenvalue weighted by atomic mass is 35.5. The van der Waals surface area contributed by atoms with Gasteiger partial charge in [-0.2, -0.15) is 0 Å². The van der Waals surface area contributed by atoms with Gasteiger partial charge in [-0.15, -0.1) is 0 Å². The lowest BCUT2D eigenvalue weighted by atomic mass is 9.91. The van der Waals surface area contributed by atoms with E-state index in [2.05, 4.69) is 10.3 Å². The molecule has 3 aromatic rings. The van der Waals surface area contributed by atoms with Gasteiger partial charge >= 0.3 is 6.09 Å². The van der Waals surface area contributed by atoms with E-state index in [4.69, 9.17) is 25.8 Å². The zero-order valence-corrected chi connectivity index (χ0v) is 25.9. The van der Waals surface area contributed by atoms with Crippen molar-refractivity contribution in [1.29, 1.82) is 0 Å². The zero-order chi connectivity index (χ0) is 31.4. The van der Waals surface area contributed by atoms with Crippen LogP contribution < -0.4 is 14.8 Å². The molecule has 4 rings (SSSR count). The number of benzene rings is 2. The molecule has 0 bridgehead atoms. The Balaban J connectivity index is 1.52. The molecule has 1 aliphatic rings. The van der Waals surface area contributed by atoms with Crippen LogP contribution in [0.4, 0.5) is 9.18 Å². The molecule has 1 amide bonds. The number of ketones is 1. The molecule has 2 aromatic carbocycles. The predicted octanol–water partition coefficient (Wildman–Crippen LogP) is 7.03. The van der Waals surface area contributed by atoms with Gasteiger partial charge in [-0.1, -0.05) is 11.6 Å². The number of hydrogen-bond donors (Lipinski definition) is 2. The van der Waals surface area contributed by atoms with Crippen LogP contribution in [0, 0.1) is 5.82 Å². The van der Waals surface area contributed by atoms with Crippen molar-refractivity contribution in [3.63, 3.8) is 0 Å². The van der Waals surface area contributed by atoms with E-state index in [0.717, 1.165) is 18.4 Å². The van der Waals surface area contributed by atoms with Crippen molar-refractivity contribution in [1.82, 2.24) is 10.3 Å². The number of nitrogens with one attached hydrogen (secondary N) is 1. The quantitative estimate of drug-likeness (QED) is 0.211. The lowest BCUT2D eigenvalue weighted by Gasteiger charge is -2.24. The Bertz CT molecular complexity index is 1480. The molecular formula is C33H38ClFN2O6. The number of pyridine rings is 1. The number of rotatable bonds is 12. The van der Waals surface area contributed by atoms with E-state index in [9.17, 15) is 19.1 Å². The average molecular weight is 613 g/mol. The van der Waals surface area contributed by atoms with Gasteiger partial charge in [-0.3, -0.25) is 4.79 Å². The summed E-state index contributed by atoms with van der Waals surface area (Å²) in [4.78, 5) is 29.9. The first-order chi connectivity index (χ1) is 20.2. The molecule has 1 heterocycles. The number of amides is 1. The van der Waals surface area contributed by atoms with Gasteiger partial charge in [-0.05, 0) is 107 Å². The Labute approximate surface area is 256 Å². The molecule has 0 spiro atoms. The Kier molecular flexibility index (Phi) is 9.97. The zero-order valence-electron chi connectivity index (χ0n) is 25.1. The second kappa shape index (κ2) is 13.3. The number of alkyl carbamates (subject to hydrolysis) is 1. The molecule has 43 heavy (non-hydrogen) atoms. The van der Waals surface area contributed by atoms with Crippen LogP contribution in [0.1, 0.15) is 75.0 Å². The number of aliphatic hydroxyl groups is 1. The van der Waals surface area contributed by atoms with Crippen LogP contribution in [-0.4, -0.2) is 47.3 Å². The van der Waals surface area contributed by atoms with Crippen LogP contribution in [0.25, 0.3) is 11.3 Å². The number of carbonyl (C=O) groups is 2. The van der Waals surface area contributed by atoms with Gasteiger partial charge in [-0.25, -0.2) is 14.2 Å². The molecule has 1 unspecified atom stereocenters. The monoisotopic (exact) mass is 612 g/mol. The van der Waals surface area contributed by atoms with Crippen molar-refractivity contribution in [2.24, 2.45) is 0 Å². The minimum atomic E-state index is -1.48. The van der Waals surface area contributed by atoms with Crippen molar-refractivity contribution in [2.75, 3.05) is 13.7 Å². The van der Waals surface area contributed by atoms with Gasteiger partial charge in [0.15, 0.2) is 17.3 Å². The normalized spacial score (nSPS) is 14.5. The van der Waals surface area contributed by atoms with Crippen molar-refractivity contribution >= 4 is 23.5 Å². The van der Waals surface area contributed by atoms with Crippen LogP contribution >= 0.6 is 11.6 Å². The molecule has 1 saturated carbocycles. The molecule has 0 radical (unpaired) electrons. The van der Waals surface area contributed by atoms with Crippen molar-refractivity contribution in [3.8, 4) is 22.8 Å². The summed E-state index contributed by atoms with van der Waals surface area (Å²) in [5.41, 5.74) is 0.456. The highest BCUT2D eigenvalue weighted by molar-refractivity contribution is 6.31. The van der Waals surface area contributed by atoms with E-state index in [1.807, 2.05) is 0 Å². The molecule has 8 nitrogen and oxygen atoms in total. The number of aromatic nitrogens is 1. The fourth-order valence-corrected chi connectivity index (χ4v) is 4.55. The minimum absolute atomic E-state index is 0.0444. The third-order valence-corrected chi connectivity index (χ3v) is 7.17. The van der Waals surface area contributed by atoms with Gasteiger partial charge in [0, 0.05) is 24.1 Å². The summed E-state index contributed by atoms with van der Waals surface area (Å²) < 4.78 is 30.5. The topological polar surface area (TPSA) is 107 Å². The molecular weight excluding hydrogens is 575 g/mol. The smallest absolute Gasteiger partial charge is 0.407 e. The van der Waals surface area contributed by atoms with Gasteiger partial charge < -0.3 is 24.6 Å². The third kappa shape index (κ3) is 9.15. The van der Waals surface area contributed by atoms with E-state index >= 15 is 0 Å². The van der Waals surface area contributed by atoms with E-state index < -0.39 is 23.1 Å². The fraction of sp³-hybridized carbons (Fsp3) is 0.424. The Morgan fingerprint density at radius 1 is 1.07 bits per heavy atom. The first-order valence-electron chi connectivity index (χ1n) is 14.3. The number of nitrogens with zero attached hydrogens (tertiary/aromatic N) is 1. The summed E-state index contributed by atoms with van der Waals surface area (Å²) >= 11 is 6.04. The van der Waals surface area contributed by atoms with Crippen molar-refractivity contribution in [3.05, 3.63) is 76.2 Å². The molecule has 2 N–H and O–H groups in total. The maximum atomic E-state index is 13.9. The van der Waals surface area contributed by atoms with Gasteiger partial charge in [0.1, 0.15) is 17.0 Å². The molecule has 1 aliphatic carbocycles. The van der Waals surface area contributed by atoms with E-state index in [0.29, 0.717) is 40.4 Å². The molecule has 1 atom stereocenters. The summed E-state index contributed by atoms with van der Waals surface area (Å²) in [6.07, 6.45) is 2.20. The minimum Gasteiger partial charge on any atom is -0.493 e. The van der Waals surface area contributed by atoms with E-state index in [1.54, 1.807) is 64.1 Å². The van der Waals surface area contributed by atoms with Crippen LogP contribution in [0.15, 0.2) is 48.5 Å². The lowest BCUT2D eigenvalue weighted by molar-refractivity contribution is 0.0397. The first-order valence-corrected chi connectivity index (χ1v) is 14.7. The molecule has 0 aliphatic heterocycles. The summed E-state index contributed by atoms with van der Waals surface area (Å²) in [5.74, 6) is 0.364. The lowest BCUT2D eigenvalue weighted by Crippen LogP contribution is -2.33.